The first kappa shape index (κ1) is 14.5. The molecule has 4 nitrogen and oxygen atoms in total. The molecule has 1 heterocycles. The van der Waals surface area contributed by atoms with Crippen LogP contribution in [0.1, 0.15) is 39.1 Å². The van der Waals surface area contributed by atoms with Crippen molar-refractivity contribution in [1.29, 1.82) is 0 Å². The van der Waals surface area contributed by atoms with Gasteiger partial charge in [-0.1, -0.05) is 27.7 Å². The van der Waals surface area contributed by atoms with Crippen molar-refractivity contribution in [3.05, 3.63) is 11.4 Å². The zero-order valence-corrected chi connectivity index (χ0v) is 12.3. The van der Waals surface area contributed by atoms with Gasteiger partial charge in [-0.2, -0.15) is 5.10 Å². The second kappa shape index (κ2) is 5.40. The SMILES string of the molecule is CCc1nn(CC(C)C)c(CC)c1S(=O)(=O)Cl. The second-order valence-electron chi connectivity index (χ2n) is 4.44. The number of aromatic nitrogens is 2. The summed E-state index contributed by atoms with van der Waals surface area (Å²) in [6.07, 6.45) is 1.18. The molecule has 0 radical (unpaired) electrons. The van der Waals surface area contributed by atoms with E-state index < -0.39 is 9.05 Å². The van der Waals surface area contributed by atoms with Crippen LogP contribution in [-0.4, -0.2) is 18.2 Å². The summed E-state index contributed by atoms with van der Waals surface area (Å²) in [5, 5.41) is 4.36. The molecule has 98 valence electrons. The largest absolute Gasteiger partial charge is 0.268 e. The van der Waals surface area contributed by atoms with E-state index in [4.69, 9.17) is 10.7 Å². The summed E-state index contributed by atoms with van der Waals surface area (Å²) >= 11 is 0. The van der Waals surface area contributed by atoms with E-state index in [0.29, 0.717) is 36.7 Å². The molecule has 0 spiro atoms. The number of hydrogen-bond donors (Lipinski definition) is 0. The fourth-order valence-corrected chi connectivity index (χ4v) is 3.42. The third-order valence-electron chi connectivity index (χ3n) is 2.53. The van der Waals surface area contributed by atoms with Crippen LogP contribution in [-0.2, 0) is 28.4 Å². The highest BCUT2D eigenvalue weighted by molar-refractivity contribution is 8.13. The summed E-state index contributed by atoms with van der Waals surface area (Å²) in [6, 6.07) is 0. The molecule has 1 aromatic heterocycles. The maximum atomic E-state index is 11.6. The zero-order chi connectivity index (χ0) is 13.2. The van der Waals surface area contributed by atoms with E-state index in [9.17, 15) is 8.42 Å². The molecule has 0 aromatic carbocycles. The molecule has 0 N–H and O–H groups in total. The van der Waals surface area contributed by atoms with E-state index in [1.165, 1.54) is 0 Å². The summed E-state index contributed by atoms with van der Waals surface area (Å²) in [4.78, 5) is 0.213. The standard InChI is InChI=1S/C11H19ClN2O2S/c1-5-9-11(17(12,15)16)10(6-2)14(13-9)7-8(3)4/h8H,5-7H2,1-4H3. The van der Waals surface area contributed by atoms with Gasteiger partial charge in [0.05, 0.1) is 11.4 Å². The Hall–Kier alpha value is -0.550. The number of halogens is 1. The van der Waals surface area contributed by atoms with Crippen LogP contribution < -0.4 is 0 Å². The van der Waals surface area contributed by atoms with Gasteiger partial charge in [0.25, 0.3) is 9.05 Å². The monoisotopic (exact) mass is 278 g/mol. The van der Waals surface area contributed by atoms with Gasteiger partial charge in [-0.3, -0.25) is 4.68 Å². The van der Waals surface area contributed by atoms with Crippen LogP contribution >= 0.6 is 10.7 Å². The lowest BCUT2D eigenvalue weighted by Gasteiger charge is -2.08. The zero-order valence-electron chi connectivity index (χ0n) is 10.7. The van der Waals surface area contributed by atoms with E-state index in [1.807, 2.05) is 13.8 Å². The third kappa shape index (κ3) is 3.22. The van der Waals surface area contributed by atoms with Crippen LogP contribution in [0.25, 0.3) is 0 Å². The Morgan fingerprint density at radius 1 is 1.29 bits per heavy atom. The molecule has 0 unspecified atom stereocenters. The summed E-state index contributed by atoms with van der Waals surface area (Å²) in [5.41, 5.74) is 1.28. The van der Waals surface area contributed by atoms with Crippen LogP contribution in [0.4, 0.5) is 0 Å². The van der Waals surface area contributed by atoms with Gasteiger partial charge in [0.2, 0.25) is 0 Å². The topological polar surface area (TPSA) is 52.0 Å². The van der Waals surface area contributed by atoms with Crippen LogP contribution in [0.2, 0.25) is 0 Å². The molecule has 0 saturated heterocycles. The van der Waals surface area contributed by atoms with Crippen LogP contribution in [0.5, 0.6) is 0 Å². The molecule has 6 heteroatoms. The Balaban J connectivity index is 3.41. The highest BCUT2D eigenvalue weighted by Crippen LogP contribution is 2.25. The van der Waals surface area contributed by atoms with Crippen molar-refractivity contribution in [1.82, 2.24) is 9.78 Å². The molecule has 0 atom stereocenters. The first-order chi connectivity index (χ1) is 7.81. The molecule has 0 aliphatic carbocycles. The molecule has 0 aliphatic rings. The van der Waals surface area contributed by atoms with E-state index in [0.717, 1.165) is 0 Å². The lowest BCUT2D eigenvalue weighted by Crippen LogP contribution is -2.10. The predicted molar refractivity (Wildman–Crippen MR) is 68.9 cm³/mol. The second-order valence-corrected chi connectivity index (χ2v) is 6.95. The fraction of sp³-hybridized carbons (Fsp3) is 0.727. The third-order valence-corrected chi connectivity index (χ3v) is 3.95. The Morgan fingerprint density at radius 3 is 2.24 bits per heavy atom. The lowest BCUT2D eigenvalue weighted by atomic mass is 10.2. The van der Waals surface area contributed by atoms with Gasteiger partial charge in [-0.05, 0) is 18.8 Å². The van der Waals surface area contributed by atoms with Gasteiger partial charge >= 0.3 is 0 Å². The van der Waals surface area contributed by atoms with Crippen molar-refractivity contribution < 1.29 is 8.42 Å². The molecular weight excluding hydrogens is 260 g/mol. The van der Waals surface area contributed by atoms with Crippen molar-refractivity contribution in [3.63, 3.8) is 0 Å². The van der Waals surface area contributed by atoms with Gasteiger partial charge < -0.3 is 0 Å². The van der Waals surface area contributed by atoms with E-state index in [1.54, 1.807) is 4.68 Å². The smallest absolute Gasteiger partial charge is 0.264 e. The minimum Gasteiger partial charge on any atom is -0.268 e. The van der Waals surface area contributed by atoms with Gasteiger partial charge in [0, 0.05) is 17.2 Å². The van der Waals surface area contributed by atoms with Crippen LogP contribution in [0.3, 0.4) is 0 Å². The minimum atomic E-state index is -3.71. The first-order valence-corrected chi connectivity index (χ1v) is 8.15. The van der Waals surface area contributed by atoms with Crippen LogP contribution in [0.15, 0.2) is 4.90 Å². The number of aryl methyl sites for hydroxylation is 1. The number of nitrogens with zero attached hydrogens (tertiary/aromatic N) is 2. The predicted octanol–water partition coefficient (Wildman–Crippen LogP) is 2.59. The van der Waals surface area contributed by atoms with Crippen molar-refractivity contribution >= 4 is 19.7 Å². The summed E-state index contributed by atoms with van der Waals surface area (Å²) in [5.74, 6) is 0.413. The van der Waals surface area contributed by atoms with Crippen LogP contribution in [0, 0.1) is 5.92 Å². The molecule has 0 fully saturated rings. The number of hydrogen-bond acceptors (Lipinski definition) is 3. The van der Waals surface area contributed by atoms with Crippen molar-refractivity contribution in [2.75, 3.05) is 0 Å². The molecule has 0 amide bonds. The molecule has 1 rings (SSSR count). The minimum absolute atomic E-state index is 0.213. The first-order valence-electron chi connectivity index (χ1n) is 5.84. The molecule has 0 aliphatic heterocycles. The Bertz CT molecular complexity index is 492. The molecular formula is C11H19ClN2O2S. The van der Waals surface area contributed by atoms with E-state index >= 15 is 0 Å². The molecule has 17 heavy (non-hydrogen) atoms. The van der Waals surface area contributed by atoms with E-state index in [-0.39, 0.29) is 4.90 Å². The van der Waals surface area contributed by atoms with Crippen molar-refractivity contribution in [2.24, 2.45) is 5.92 Å². The number of rotatable bonds is 5. The summed E-state index contributed by atoms with van der Waals surface area (Å²) in [6.45, 7) is 8.65. The summed E-state index contributed by atoms with van der Waals surface area (Å²) < 4.78 is 25.0. The Labute approximate surface area is 107 Å². The Morgan fingerprint density at radius 2 is 1.88 bits per heavy atom. The van der Waals surface area contributed by atoms with Gasteiger partial charge in [-0.25, -0.2) is 8.42 Å². The highest BCUT2D eigenvalue weighted by Gasteiger charge is 2.25. The van der Waals surface area contributed by atoms with Gasteiger partial charge in [0.1, 0.15) is 4.90 Å². The molecule has 0 saturated carbocycles. The lowest BCUT2D eigenvalue weighted by molar-refractivity contribution is 0.466. The maximum absolute atomic E-state index is 11.6. The normalized spacial score (nSPS) is 12.4. The van der Waals surface area contributed by atoms with Crippen molar-refractivity contribution in [3.8, 4) is 0 Å². The molecule has 1 aromatic rings. The quantitative estimate of drug-likeness (QED) is 0.778. The Kier molecular flexibility index (Phi) is 4.61. The van der Waals surface area contributed by atoms with Gasteiger partial charge in [-0.15, -0.1) is 0 Å². The molecule has 0 bridgehead atoms. The highest BCUT2D eigenvalue weighted by atomic mass is 35.7. The average Bonchev–Trinajstić information content (AvgIpc) is 2.54. The van der Waals surface area contributed by atoms with Crippen molar-refractivity contribution in [2.45, 2.75) is 52.0 Å². The maximum Gasteiger partial charge on any atom is 0.264 e. The average molecular weight is 279 g/mol. The fourth-order valence-electron chi connectivity index (χ4n) is 1.89. The van der Waals surface area contributed by atoms with E-state index in [2.05, 4.69) is 18.9 Å². The van der Waals surface area contributed by atoms with Gasteiger partial charge in [0.15, 0.2) is 0 Å². The summed E-state index contributed by atoms with van der Waals surface area (Å²) in [7, 11) is 1.78.